The van der Waals surface area contributed by atoms with Gasteiger partial charge in [0.15, 0.2) is 11.9 Å². The third-order valence-electron chi connectivity index (χ3n) is 8.10. The molecule has 32 heavy (non-hydrogen) atoms. The van der Waals surface area contributed by atoms with Crippen LogP contribution in [0.25, 0.3) is 26.9 Å². The standard InChI is InChI=1S/C30H35N2/c1-21-28(23-12-8-5-9-13-23)19-25(22-10-6-4-7-11-22)20-29(21)30-27-15-14-26(31-2)18-24(27)16-17-32(30)3/h14-20,22-23H,4-13H2,1,3H3/q+1. The summed E-state index contributed by atoms with van der Waals surface area (Å²) in [6, 6.07) is 13.4. The Bertz CT molecular complexity index is 1170. The van der Waals surface area contributed by atoms with Crippen LogP contribution in [0.5, 0.6) is 0 Å². The zero-order chi connectivity index (χ0) is 22.1. The minimum absolute atomic E-state index is 0.708. The van der Waals surface area contributed by atoms with E-state index in [4.69, 9.17) is 6.57 Å². The number of aryl methyl sites for hydroxylation is 1. The number of aromatic nitrogens is 1. The van der Waals surface area contributed by atoms with Crippen LogP contribution in [-0.4, -0.2) is 0 Å². The number of fused-ring (bicyclic) bond motifs is 1. The minimum Gasteiger partial charge on any atom is -0.238 e. The molecule has 0 bridgehead atoms. The Kier molecular flexibility index (Phi) is 6.01. The lowest BCUT2D eigenvalue weighted by atomic mass is 9.76. The summed E-state index contributed by atoms with van der Waals surface area (Å²) in [6.45, 7) is 9.77. The molecular formula is C30H35N2+. The van der Waals surface area contributed by atoms with Gasteiger partial charge in [-0.25, -0.2) is 9.41 Å². The Morgan fingerprint density at radius 1 is 0.844 bits per heavy atom. The molecule has 2 saturated carbocycles. The fourth-order valence-electron chi connectivity index (χ4n) is 6.28. The van der Waals surface area contributed by atoms with Crippen molar-refractivity contribution < 1.29 is 4.57 Å². The number of hydrogen-bond acceptors (Lipinski definition) is 0. The number of nitrogens with zero attached hydrogens (tertiary/aromatic N) is 2. The maximum Gasteiger partial charge on any atom is 0.220 e. The summed E-state index contributed by atoms with van der Waals surface area (Å²) in [6.07, 6.45) is 15.8. The molecule has 2 heteroatoms. The van der Waals surface area contributed by atoms with Crippen molar-refractivity contribution in [3.8, 4) is 11.3 Å². The average Bonchev–Trinajstić information content (AvgIpc) is 2.85. The zero-order valence-electron chi connectivity index (χ0n) is 19.7. The van der Waals surface area contributed by atoms with Crippen molar-refractivity contribution in [2.24, 2.45) is 7.05 Å². The summed E-state index contributed by atoms with van der Waals surface area (Å²) in [5.41, 5.74) is 8.06. The minimum atomic E-state index is 0.708. The van der Waals surface area contributed by atoms with Crippen molar-refractivity contribution in [3.63, 3.8) is 0 Å². The molecule has 0 unspecified atom stereocenters. The van der Waals surface area contributed by atoms with Gasteiger partial charge in [-0.05, 0) is 78.7 Å². The van der Waals surface area contributed by atoms with Crippen LogP contribution in [0.15, 0.2) is 42.6 Å². The van der Waals surface area contributed by atoms with Gasteiger partial charge in [-0.15, -0.1) is 0 Å². The van der Waals surface area contributed by atoms with Crippen LogP contribution in [-0.2, 0) is 7.05 Å². The summed E-state index contributed by atoms with van der Waals surface area (Å²) in [5.74, 6) is 1.42. The van der Waals surface area contributed by atoms with Crippen molar-refractivity contribution >= 4 is 16.5 Å². The molecule has 0 aliphatic heterocycles. The second-order valence-electron chi connectivity index (χ2n) is 10.1. The van der Waals surface area contributed by atoms with E-state index in [0.717, 1.165) is 5.39 Å². The van der Waals surface area contributed by atoms with Gasteiger partial charge in [0.25, 0.3) is 0 Å². The Morgan fingerprint density at radius 3 is 2.22 bits per heavy atom. The molecule has 2 nitrogen and oxygen atoms in total. The molecule has 5 rings (SSSR count). The summed E-state index contributed by atoms with van der Waals surface area (Å²) >= 11 is 0. The summed E-state index contributed by atoms with van der Waals surface area (Å²) in [5, 5.41) is 2.41. The number of benzene rings is 2. The van der Waals surface area contributed by atoms with Crippen molar-refractivity contribution in [3.05, 3.63) is 70.7 Å². The van der Waals surface area contributed by atoms with Gasteiger partial charge in [0.1, 0.15) is 7.05 Å². The van der Waals surface area contributed by atoms with Crippen LogP contribution in [0, 0.1) is 13.5 Å². The maximum atomic E-state index is 7.42. The lowest BCUT2D eigenvalue weighted by molar-refractivity contribution is -0.659. The summed E-state index contributed by atoms with van der Waals surface area (Å²) in [4.78, 5) is 3.66. The quantitative estimate of drug-likeness (QED) is 0.296. The van der Waals surface area contributed by atoms with E-state index in [1.54, 1.807) is 11.1 Å². The first-order chi connectivity index (χ1) is 15.7. The van der Waals surface area contributed by atoms with E-state index in [2.05, 4.69) is 53.8 Å². The van der Waals surface area contributed by atoms with Crippen LogP contribution in [0.2, 0.25) is 0 Å². The highest BCUT2D eigenvalue weighted by atomic mass is 14.9. The SMILES string of the molecule is [C-]#[N+]c1ccc2c(-c3cc(C4CCCCC4)cc(C4CCCCC4)c3C)[n+](C)ccc2c1. The van der Waals surface area contributed by atoms with Gasteiger partial charge < -0.3 is 0 Å². The van der Waals surface area contributed by atoms with E-state index in [0.29, 0.717) is 17.5 Å². The van der Waals surface area contributed by atoms with E-state index < -0.39 is 0 Å². The molecular weight excluding hydrogens is 388 g/mol. The fraction of sp³-hybridized carbons (Fsp3) is 0.467. The van der Waals surface area contributed by atoms with Crippen LogP contribution >= 0.6 is 0 Å². The predicted molar refractivity (Wildman–Crippen MR) is 133 cm³/mol. The van der Waals surface area contributed by atoms with Crippen molar-refractivity contribution in [1.82, 2.24) is 0 Å². The molecule has 164 valence electrons. The fourth-order valence-corrected chi connectivity index (χ4v) is 6.28. The zero-order valence-corrected chi connectivity index (χ0v) is 19.7. The first kappa shape index (κ1) is 21.2. The summed E-state index contributed by atoms with van der Waals surface area (Å²) in [7, 11) is 2.17. The van der Waals surface area contributed by atoms with Crippen molar-refractivity contribution in [2.45, 2.75) is 83.0 Å². The Hall–Kier alpha value is -2.66. The molecule has 0 saturated heterocycles. The molecule has 1 heterocycles. The Balaban J connectivity index is 1.72. The number of hydrogen-bond donors (Lipinski definition) is 0. The highest BCUT2D eigenvalue weighted by molar-refractivity contribution is 5.95. The van der Waals surface area contributed by atoms with E-state index in [-0.39, 0.29) is 0 Å². The van der Waals surface area contributed by atoms with Gasteiger partial charge in [-0.2, -0.15) is 0 Å². The Labute approximate surface area is 193 Å². The number of pyridine rings is 1. The molecule has 2 aromatic carbocycles. The van der Waals surface area contributed by atoms with Gasteiger partial charge in [-0.1, -0.05) is 56.7 Å². The second-order valence-corrected chi connectivity index (χ2v) is 10.1. The first-order valence-corrected chi connectivity index (χ1v) is 12.6. The molecule has 0 spiro atoms. The van der Waals surface area contributed by atoms with E-state index in [9.17, 15) is 0 Å². The second kappa shape index (κ2) is 9.07. The van der Waals surface area contributed by atoms with Gasteiger partial charge >= 0.3 is 0 Å². The topological polar surface area (TPSA) is 8.24 Å². The average molecular weight is 424 g/mol. The normalized spacial score (nSPS) is 18.0. The molecule has 0 amide bonds. The highest BCUT2D eigenvalue weighted by Gasteiger charge is 2.26. The molecule has 2 aliphatic carbocycles. The lowest BCUT2D eigenvalue weighted by Crippen LogP contribution is -2.31. The van der Waals surface area contributed by atoms with Crippen LogP contribution in [0.4, 0.5) is 5.69 Å². The number of rotatable bonds is 3. The molecule has 2 fully saturated rings. The van der Waals surface area contributed by atoms with Gasteiger partial charge in [-0.3, -0.25) is 0 Å². The lowest BCUT2D eigenvalue weighted by Gasteiger charge is -2.28. The third kappa shape index (κ3) is 3.95. The molecule has 0 N–H and O–H groups in total. The molecule has 1 aromatic heterocycles. The van der Waals surface area contributed by atoms with Gasteiger partial charge in [0.2, 0.25) is 5.69 Å². The Morgan fingerprint density at radius 2 is 1.53 bits per heavy atom. The monoisotopic (exact) mass is 423 g/mol. The maximum absolute atomic E-state index is 7.42. The van der Waals surface area contributed by atoms with Crippen LogP contribution in [0.1, 0.15) is 92.7 Å². The van der Waals surface area contributed by atoms with Gasteiger partial charge in [0.05, 0.1) is 17.5 Å². The van der Waals surface area contributed by atoms with E-state index >= 15 is 0 Å². The molecule has 2 aliphatic rings. The van der Waals surface area contributed by atoms with Gasteiger partial charge in [0, 0.05) is 6.07 Å². The van der Waals surface area contributed by atoms with Crippen molar-refractivity contribution in [1.29, 1.82) is 0 Å². The molecule has 0 atom stereocenters. The van der Waals surface area contributed by atoms with Crippen LogP contribution < -0.4 is 4.57 Å². The van der Waals surface area contributed by atoms with Crippen molar-refractivity contribution in [2.75, 3.05) is 0 Å². The molecule has 0 radical (unpaired) electrons. The largest absolute Gasteiger partial charge is 0.238 e. The predicted octanol–water partition coefficient (Wildman–Crippen LogP) is 8.29. The van der Waals surface area contributed by atoms with E-state index in [1.807, 2.05) is 12.1 Å². The summed E-state index contributed by atoms with van der Waals surface area (Å²) < 4.78 is 2.29. The third-order valence-corrected chi connectivity index (χ3v) is 8.10. The van der Waals surface area contributed by atoms with Crippen LogP contribution in [0.3, 0.4) is 0 Å². The first-order valence-electron chi connectivity index (χ1n) is 12.6. The highest BCUT2D eigenvalue weighted by Crippen LogP contribution is 2.42. The smallest absolute Gasteiger partial charge is 0.220 e. The van der Waals surface area contributed by atoms with E-state index in [1.165, 1.54) is 86.4 Å². The molecule has 3 aromatic rings.